The van der Waals surface area contributed by atoms with Crippen molar-refractivity contribution in [2.24, 2.45) is 5.92 Å². The highest BCUT2D eigenvalue weighted by Gasteiger charge is 2.34. The SMILES string of the molecule is C/C=C/CC(=O)N[C@H](C(=O)NC(C)C(=O)N1CCCC(C(=O)OCC(Cl)(Cl)Cl)N1)C(C)C. The van der Waals surface area contributed by atoms with E-state index >= 15 is 0 Å². The van der Waals surface area contributed by atoms with Gasteiger partial charge in [0.2, 0.25) is 15.6 Å². The number of halogens is 3. The second-order valence-electron chi connectivity index (χ2n) is 7.83. The zero-order valence-corrected chi connectivity index (χ0v) is 20.9. The van der Waals surface area contributed by atoms with Crippen molar-refractivity contribution < 1.29 is 23.9 Å². The first-order valence-electron chi connectivity index (χ1n) is 10.4. The number of amides is 3. The molecule has 1 heterocycles. The molecule has 0 aliphatic carbocycles. The van der Waals surface area contributed by atoms with Crippen LogP contribution in [-0.4, -0.2) is 63.8 Å². The third-order valence-corrected chi connectivity index (χ3v) is 4.98. The molecule has 2 unspecified atom stereocenters. The van der Waals surface area contributed by atoms with Crippen molar-refractivity contribution in [2.75, 3.05) is 13.2 Å². The minimum absolute atomic E-state index is 0.162. The van der Waals surface area contributed by atoms with Crippen molar-refractivity contribution in [3.8, 4) is 0 Å². The first-order chi connectivity index (χ1) is 14.9. The molecule has 1 rings (SSSR count). The van der Waals surface area contributed by atoms with E-state index in [0.717, 1.165) is 0 Å². The fraction of sp³-hybridized carbons (Fsp3) is 0.700. The minimum atomic E-state index is -1.73. The molecule has 182 valence electrons. The number of carbonyl (C=O) groups excluding carboxylic acids is 4. The zero-order valence-electron chi connectivity index (χ0n) is 18.6. The van der Waals surface area contributed by atoms with Crippen LogP contribution in [-0.2, 0) is 23.9 Å². The van der Waals surface area contributed by atoms with E-state index in [0.29, 0.717) is 19.4 Å². The number of esters is 1. The van der Waals surface area contributed by atoms with E-state index < -0.39 is 46.3 Å². The fourth-order valence-electron chi connectivity index (χ4n) is 2.96. The summed E-state index contributed by atoms with van der Waals surface area (Å²) >= 11 is 16.8. The molecule has 9 nitrogen and oxygen atoms in total. The maximum absolute atomic E-state index is 12.8. The van der Waals surface area contributed by atoms with E-state index in [1.165, 1.54) is 11.9 Å². The number of hydrogen-bond donors (Lipinski definition) is 3. The topological polar surface area (TPSA) is 117 Å². The lowest BCUT2D eigenvalue weighted by molar-refractivity contribution is -0.152. The molecule has 12 heteroatoms. The molecule has 1 aliphatic rings. The number of nitrogens with one attached hydrogen (secondary N) is 3. The molecule has 0 aromatic heterocycles. The molecule has 32 heavy (non-hydrogen) atoms. The minimum Gasteiger partial charge on any atom is -0.460 e. The number of hydrazine groups is 1. The number of rotatable bonds is 9. The number of nitrogens with zero attached hydrogens (tertiary/aromatic N) is 1. The average Bonchev–Trinajstić information content (AvgIpc) is 2.72. The van der Waals surface area contributed by atoms with Gasteiger partial charge in [-0.1, -0.05) is 60.8 Å². The standard InChI is InChI=1S/C20H31Cl3N4O5/c1-5-6-9-15(28)25-16(12(2)3)17(29)24-13(4)18(30)27-10-7-8-14(26-27)19(31)32-11-20(21,22)23/h5-6,12-14,16,26H,7-11H2,1-4H3,(H,24,29)(H,25,28)/b6-5+/t13?,14?,16-/m0/s1. The highest BCUT2D eigenvalue weighted by molar-refractivity contribution is 6.67. The summed E-state index contributed by atoms with van der Waals surface area (Å²) in [4.78, 5) is 49.7. The van der Waals surface area contributed by atoms with Gasteiger partial charge in [-0.2, -0.15) is 0 Å². The number of carbonyl (C=O) groups is 4. The third-order valence-electron chi connectivity index (χ3n) is 4.65. The van der Waals surface area contributed by atoms with Gasteiger partial charge in [0.25, 0.3) is 5.91 Å². The Morgan fingerprint density at radius 2 is 1.84 bits per heavy atom. The first kappa shape index (κ1) is 28.5. The second kappa shape index (κ2) is 13.2. The highest BCUT2D eigenvalue weighted by atomic mass is 35.6. The predicted octanol–water partition coefficient (Wildman–Crippen LogP) is 2.01. The van der Waals surface area contributed by atoms with Gasteiger partial charge in [0.05, 0.1) is 0 Å². The van der Waals surface area contributed by atoms with Crippen LogP contribution in [0.2, 0.25) is 0 Å². The summed E-state index contributed by atoms with van der Waals surface area (Å²) in [6.07, 6.45) is 4.58. The molecule has 3 N–H and O–H groups in total. The van der Waals surface area contributed by atoms with Crippen LogP contribution in [0.15, 0.2) is 12.2 Å². The van der Waals surface area contributed by atoms with Crippen LogP contribution in [0.25, 0.3) is 0 Å². The van der Waals surface area contributed by atoms with Gasteiger partial charge in [0.15, 0.2) is 0 Å². The van der Waals surface area contributed by atoms with Crippen molar-refractivity contribution in [2.45, 2.75) is 68.9 Å². The fourth-order valence-corrected chi connectivity index (χ4v) is 3.12. The van der Waals surface area contributed by atoms with E-state index in [1.807, 2.05) is 0 Å². The van der Waals surface area contributed by atoms with Gasteiger partial charge < -0.3 is 15.4 Å². The average molecular weight is 514 g/mol. The lowest BCUT2D eigenvalue weighted by atomic mass is 10.0. The highest BCUT2D eigenvalue weighted by Crippen LogP contribution is 2.26. The molecule has 3 amide bonds. The van der Waals surface area contributed by atoms with Crippen LogP contribution in [0, 0.1) is 5.92 Å². The molecule has 0 aromatic carbocycles. The van der Waals surface area contributed by atoms with Gasteiger partial charge in [-0.25, -0.2) is 5.43 Å². The van der Waals surface area contributed by atoms with Crippen molar-refractivity contribution in [3.63, 3.8) is 0 Å². The van der Waals surface area contributed by atoms with Crippen molar-refractivity contribution in [1.82, 2.24) is 21.1 Å². The number of hydrogen-bond acceptors (Lipinski definition) is 6. The monoisotopic (exact) mass is 512 g/mol. The lowest BCUT2D eigenvalue weighted by Crippen LogP contribution is -2.61. The quantitative estimate of drug-likeness (QED) is 0.247. The van der Waals surface area contributed by atoms with Crippen LogP contribution in [0.3, 0.4) is 0 Å². The van der Waals surface area contributed by atoms with Gasteiger partial charge in [0.1, 0.15) is 24.7 Å². The van der Waals surface area contributed by atoms with Gasteiger partial charge in [0, 0.05) is 13.0 Å². The Balaban J connectivity index is 2.67. The summed E-state index contributed by atoms with van der Waals surface area (Å²) < 4.78 is 3.24. The van der Waals surface area contributed by atoms with E-state index in [4.69, 9.17) is 39.5 Å². The molecule has 0 radical (unpaired) electrons. The van der Waals surface area contributed by atoms with E-state index in [-0.39, 0.29) is 18.2 Å². The van der Waals surface area contributed by atoms with Gasteiger partial charge in [-0.05, 0) is 32.6 Å². The number of alkyl halides is 3. The summed E-state index contributed by atoms with van der Waals surface area (Å²) in [7, 11) is 0. The molecule has 1 fully saturated rings. The Morgan fingerprint density at radius 3 is 2.41 bits per heavy atom. The van der Waals surface area contributed by atoms with Crippen LogP contribution in [0.5, 0.6) is 0 Å². The van der Waals surface area contributed by atoms with Crippen LogP contribution in [0.1, 0.15) is 47.0 Å². The Morgan fingerprint density at radius 1 is 1.19 bits per heavy atom. The Hall–Kier alpha value is -1.55. The molecule has 0 spiro atoms. The lowest BCUT2D eigenvalue weighted by Gasteiger charge is -2.34. The van der Waals surface area contributed by atoms with Crippen molar-refractivity contribution in [1.29, 1.82) is 0 Å². The number of ether oxygens (including phenoxy) is 1. The third kappa shape index (κ3) is 9.94. The zero-order chi connectivity index (χ0) is 24.5. The Kier molecular flexibility index (Phi) is 11.8. The van der Waals surface area contributed by atoms with E-state index in [2.05, 4.69) is 16.1 Å². The molecular weight excluding hydrogens is 483 g/mol. The van der Waals surface area contributed by atoms with Crippen molar-refractivity contribution in [3.05, 3.63) is 12.2 Å². The molecular formula is C20H31Cl3N4O5. The summed E-state index contributed by atoms with van der Waals surface area (Å²) in [6, 6.07) is -2.46. The molecule has 3 atom stereocenters. The molecule has 0 aromatic rings. The summed E-state index contributed by atoms with van der Waals surface area (Å²) in [5.41, 5.74) is 2.80. The molecule has 0 bridgehead atoms. The van der Waals surface area contributed by atoms with Crippen LogP contribution < -0.4 is 16.1 Å². The van der Waals surface area contributed by atoms with E-state index in [1.54, 1.807) is 32.9 Å². The first-order valence-corrected chi connectivity index (χ1v) is 11.5. The van der Waals surface area contributed by atoms with Gasteiger partial charge in [-0.15, -0.1) is 0 Å². The maximum atomic E-state index is 12.8. The summed E-state index contributed by atoms with van der Waals surface area (Å²) in [5.74, 6) is -2.01. The largest absolute Gasteiger partial charge is 0.460 e. The normalized spacial score (nSPS) is 18.9. The van der Waals surface area contributed by atoms with Gasteiger partial charge >= 0.3 is 5.97 Å². The van der Waals surface area contributed by atoms with Crippen LogP contribution in [0.4, 0.5) is 0 Å². The number of allylic oxidation sites excluding steroid dienone is 1. The van der Waals surface area contributed by atoms with Crippen LogP contribution >= 0.6 is 34.8 Å². The van der Waals surface area contributed by atoms with Gasteiger partial charge in [-0.3, -0.25) is 24.2 Å². The van der Waals surface area contributed by atoms with Crippen molar-refractivity contribution >= 4 is 58.5 Å². The smallest absolute Gasteiger partial charge is 0.325 e. The summed E-state index contributed by atoms with van der Waals surface area (Å²) in [6.45, 7) is 6.86. The van der Waals surface area contributed by atoms with E-state index in [9.17, 15) is 19.2 Å². The summed E-state index contributed by atoms with van der Waals surface area (Å²) in [5, 5.41) is 6.59. The predicted molar refractivity (Wildman–Crippen MR) is 123 cm³/mol. The molecule has 0 saturated carbocycles. The second-order valence-corrected chi connectivity index (χ2v) is 10.3. The maximum Gasteiger partial charge on any atom is 0.325 e. The Bertz CT molecular complexity index is 712. The molecule has 1 aliphatic heterocycles. The Labute approximate surface area is 203 Å². The molecule has 1 saturated heterocycles.